The van der Waals surface area contributed by atoms with E-state index in [0.29, 0.717) is 16.5 Å². The third-order valence-electron chi connectivity index (χ3n) is 3.63. The molecule has 2 heterocycles. The van der Waals surface area contributed by atoms with Gasteiger partial charge in [-0.05, 0) is 12.1 Å². The molecule has 0 saturated heterocycles. The summed E-state index contributed by atoms with van der Waals surface area (Å²) in [5.74, 6) is 0.635. The average molecular weight is 310 g/mol. The summed E-state index contributed by atoms with van der Waals surface area (Å²) < 4.78 is 1.71. The van der Waals surface area contributed by atoms with Crippen molar-refractivity contribution in [2.45, 2.75) is 6.54 Å². The van der Waals surface area contributed by atoms with Gasteiger partial charge in [-0.25, -0.2) is 0 Å². The summed E-state index contributed by atoms with van der Waals surface area (Å²) in [6.45, 7) is 0.284. The summed E-state index contributed by atoms with van der Waals surface area (Å²) in [7, 11) is 0. The molecule has 0 aliphatic rings. The fraction of sp³-hybridized carbons (Fsp3) is 0.0625. The van der Waals surface area contributed by atoms with Crippen LogP contribution < -0.4 is 5.73 Å². The smallest absolute Gasteiger partial charge is 0.185 e. The van der Waals surface area contributed by atoms with Gasteiger partial charge in [0.2, 0.25) is 0 Å². The minimum Gasteiger partial charge on any atom is -0.324 e. The van der Waals surface area contributed by atoms with Gasteiger partial charge in [0.1, 0.15) is 0 Å². The molecule has 0 aliphatic heterocycles. The van der Waals surface area contributed by atoms with Crippen LogP contribution in [0.3, 0.4) is 0 Å². The molecule has 0 saturated carbocycles. The molecule has 0 atom stereocenters. The summed E-state index contributed by atoms with van der Waals surface area (Å²) in [6.07, 6.45) is 0. The zero-order chi connectivity index (χ0) is 15.1. The highest BCUT2D eigenvalue weighted by molar-refractivity contribution is 6.30. The summed E-state index contributed by atoms with van der Waals surface area (Å²) >= 11 is 5.98. The van der Waals surface area contributed by atoms with Gasteiger partial charge in [0.05, 0.1) is 12.2 Å². The lowest BCUT2D eigenvalue weighted by molar-refractivity contribution is 0.814. The van der Waals surface area contributed by atoms with Crippen molar-refractivity contribution >= 4 is 28.0 Å². The van der Waals surface area contributed by atoms with Crippen molar-refractivity contribution in [3.63, 3.8) is 0 Å². The van der Waals surface area contributed by atoms with Gasteiger partial charge in [-0.2, -0.15) is 9.61 Å². The van der Waals surface area contributed by atoms with E-state index in [1.165, 1.54) is 0 Å². The van der Waals surface area contributed by atoms with E-state index < -0.39 is 0 Å². The molecule has 108 valence electrons. The van der Waals surface area contributed by atoms with Crippen molar-refractivity contribution in [1.82, 2.24) is 19.8 Å². The van der Waals surface area contributed by atoms with Crippen LogP contribution in [0.1, 0.15) is 5.82 Å². The number of nitrogens with two attached hydrogens (primary N) is 1. The second-order valence-electron chi connectivity index (χ2n) is 4.96. The molecule has 0 radical (unpaired) electrons. The van der Waals surface area contributed by atoms with Crippen molar-refractivity contribution < 1.29 is 0 Å². The zero-order valence-corrected chi connectivity index (χ0v) is 12.3. The summed E-state index contributed by atoms with van der Waals surface area (Å²) in [5.41, 5.74) is 8.29. The molecule has 22 heavy (non-hydrogen) atoms. The topological polar surface area (TPSA) is 69.1 Å². The van der Waals surface area contributed by atoms with Crippen LogP contribution in [0.2, 0.25) is 5.02 Å². The van der Waals surface area contributed by atoms with Crippen LogP contribution in [0.5, 0.6) is 0 Å². The Labute approximate surface area is 131 Å². The van der Waals surface area contributed by atoms with E-state index in [-0.39, 0.29) is 6.54 Å². The van der Waals surface area contributed by atoms with Gasteiger partial charge in [0.15, 0.2) is 11.5 Å². The molecule has 2 aromatic carbocycles. The maximum atomic E-state index is 5.98. The van der Waals surface area contributed by atoms with Gasteiger partial charge in [-0.15, -0.1) is 10.2 Å². The first kappa shape index (κ1) is 13.2. The number of hydrogen-bond acceptors (Lipinski definition) is 4. The van der Waals surface area contributed by atoms with Gasteiger partial charge in [-0.3, -0.25) is 0 Å². The Kier molecular flexibility index (Phi) is 3.03. The monoisotopic (exact) mass is 309 g/mol. The Morgan fingerprint density at radius 2 is 1.68 bits per heavy atom. The van der Waals surface area contributed by atoms with Crippen LogP contribution in [-0.4, -0.2) is 19.8 Å². The molecular formula is C16H12ClN5. The maximum Gasteiger partial charge on any atom is 0.185 e. The van der Waals surface area contributed by atoms with Gasteiger partial charge in [0.25, 0.3) is 0 Å². The molecule has 2 aromatic heterocycles. The molecule has 2 N–H and O–H groups in total. The van der Waals surface area contributed by atoms with Crippen LogP contribution >= 0.6 is 11.6 Å². The van der Waals surface area contributed by atoms with Crippen LogP contribution in [-0.2, 0) is 6.54 Å². The fourth-order valence-electron chi connectivity index (χ4n) is 2.57. The Hall–Kier alpha value is -2.50. The number of benzene rings is 2. The summed E-state index contributed by atoms with van der Waals surface area (Å²) in [6, 6.07) is 15.6. The number of nitrogens with zero attached hydrogens (tertiary/aromatic N) is 4. The third-order valence-corrected chi connectivity index (χ3v) is 3.88. The first-order valence-corrected chi connectivity index (χ1v) is 7.25. The first-order chi connectivity index (χ1) is 10.8. The molecule has 0 spiro atoms. The van der Waals surface area contributed by atoms with E-state index in [0.717, 1.165) is 22.0 Å². The van der Waals surface area contributed by atoms with Crippen molar-refractivity contribution in [3.05, 3.63) is 59.4 Å². The summed E-state index contributed by atoms with van der Waals surface area (Å²) in [4.78, 5) is 0. The van der Waals surface area contributed by atoms with E-state index in [9.17, 15) is 0 Å². The first-order valence-electron chi connectivity index (χ1n) is 6.87. The van der Waals surface area contributed by atoms with Gasteiger partial charge in [0, 0.05) is 21.4 Å². The molecule has 0 aliphatic carbocycles. The Balaban J connectivity index is 2.12. The Bertz CT molecular complexity index is 975. The lowest BCUT2D eigenvalue weighted by Gasteiger charge is -2.08. The lowest BCUT2D eigenvalue weighted by Crippen LogP contribution is -2.06. The molecular weight excluding hydrogens is 298 g/mol. The normalized spacial score (nSPS) is 11.4. The number of halogens is 1. The van der Waals surface area contributed by atoms with Crippen molar-refractivity contribution in [3.8, 4) is 11.3 Å². The second-order valence-corrected chi connectivity index (χ2v) is 5.39. The highest BCUT2D eigenvalue weighted by Gasteiger charge is 2.14. The number of aromatic nitrogens is 4. The van der Waals surface area contributed by atoms with Gasteiger partial charge >= 0.3 is 0 Å². The van der Waals surface area contributed by atoms with E-state index in [2.05, 4.69) is 10.2 Å². The van der Waals surface area contributed by atoms with E-state index in [4.69, 9.17) is 22.4 Å². The molecule has 5 nitrogen and oxygen atoms in total. The van der Waals surface area contributed by atoms with Crippen LogP contribution in [0.15, 0.2) is 48.5 Å². The van der Waals surface area contributed by atoms with E-state index in [1.54, 1.807) is 4.52 Å². The maximum absolute atomic E-state index is 5.98. The molecule has 6 heteroatoms. The molecule has 4 aromatic rings. The van der Waals surface area contributed by atoms with Gasteiger partial charge in [-0.1, -0.05) is 48.0 Å². The fourth-order valence-corrected chi connectivity index (χ4v) is 2.70. The van der Waals surface area contributed by atoms with Crippen molar-refractivity contribution in [2.24, 2.45) is 5.73 Å². The SMILES string of the molecule is NCc1nnc2c3ccccc3c(-c3ccc(Cl)cc3)nn12. The predicted molar refractivity (Wildman–Crippen MR) is 86.6 cm³/mol. The van der Waals surface area contributed by atoms with Gasteiger partial charge < -0.3 is 5.73 Å². The number of rotatable bonds is 2. The summed E-state index contributed by atoms with van der Waals surface area (Å²) in [5, 5.41) is 15.7. The van der Waals surface area contributed by atoms with Crippen LogP contribution in [0.25, 0.3) is 27.7 Å². The average Bonchev–Trinajstić information content (AvgIpc) is 2.98. The quantitative estimate of drug-likeness (QED) is 0.618. The molecule has 4 rings (SSSR count). The lowest BCUT2D eigenvalue weighted by atomic mass is 10.1. The van der Waals surface area contributed by atoms with E-state index >= 15 is 0 Å². The number of fused-ring (bicyclic) bond motifs is 3. The third kappa shape index (κ3) is 1.94. The van der Waals surface area contributed by atoms with E-state index in [1.807, 2.05) is 48.5 Å². The molecule has 0 fully saturated rings. The Morgan fingerprint density at radius 3 is 2.41 bits per heavy atom. The second kappa shape index (κ2) is 5.05. The highest BCUT2D eigenvalue weighted by atomic mass is 35.5. The largest absolute Gasteiger partial charge is 0.324 e. The van der Waals surface area contributed by atoms with Crippen molar-refractivity contribution in [1.29, 1.82) is 0 Å². The number of hydrogen-bond donors (Lipinski definition) is 1. The Morgan fingerprint density at radius 1 is 0.955 bits per heavy atom. The highest BCUT2D eigenvalue weighted by Crippen LogP contribution is 2.29. The van der Waals surface area contributed by atoms with Crippen LogP contribution in [0, 0.1) is 0 Å². The van der Waals surface area contributed by atoms with Crippen LogP contribution in [0.4, 0.5) is 0 Å². The molecule has 0 amide bonds. The molecule has 0 bridgehead atoms. The van der Waals surface area contributed by atoms with Crippen molar-refractivity contribution in [2.75, 3.05) is 0 Å². The predicted octanol–water partition coefficient (Wildman–Crippen LogP) is 3.06. The zero-order valence-electron chi connectivity index (χ0n) is 11.6. The molecule has 0 unspecified atom stereocenters. The standard InChI is InChI=1S/C16H12ClN5/c17-11-7-5-10(6-8-11)15-12-3-1-2-4-13(12)16-20-19-14(9-18)22(16)21-15/h1-8H,9,18H2. The minimum atomic E-state index is 0.284. The minimum absolute atomic E-state index is 0.284.